The van der Waals surface area contributed by atoms with Gasteiger partial charge in [-0.1, -0.05) is 41.1 Å². The lowest BCUT2D eigenvalue weighted by Gasteiger charge is -2.18. The van der Waals surface area contributed by atoms with Gasteiger partial charge in [-0.2, -0.15) is 0 Å². The van der Waals surface area contributed by atoms with Crippen LogP contribution >= 0.6 is 15.9 Å². The van der Waals surface area contributed by atoms with Crippen molar-refractivity contribution < 1.29 is 8.78 Å². The number of likely N-dealkylation sites (N-methyl/N-ethyl adjacent to an activating group) is 1. The van der Waals surface area contributed by atoms with Crippen molar-refractivity contribution >= 4 is 15.9 Å². The number of hydrogen-bond acceptors (Lipinski definition) is 1. The Morgan fingerprint density at radius 2 is 1.71 bits per heavy atom. The molecule has 0 heterocycles. The van der Waals surface area contributed by atoms with E-state index in [0.717, 1.165) is 23.0 Å². The molecule has 1 unspecified atom stereocenters. The Morgan fingerprint density at radius 3 is 2.33 bits per heavy atom. The minimum atomic E-state index is -0.800. The molecule has 2 aromatic rings. The van der Waals surface area contributed by atoms with Crippen LogP contribution in [0, 0.1) is 11.6 Å². The molecule has 1 nitrogen and oxygen atoms in total. The lowest BCUT2D eigenvalue weighted by Crippen LogP contribution is -2.33. The van der Waals surface area contributed by atoms with E-state index >= 15 is 0 Å². The van der Waals surface area contributed by atoms with Crippen molar-refractivity contribution in [3.05, 3.63) is 69.7 Å². The van der Waals surface area contributed by atoms with Gasteiger partial charge in [-0.05, 0) is 54.8 Å². The number of rotatable bonds is 6. The molecule has 0 aliphatic rings. The normalized spacial score (nSPS) is 12.4. The van der Waals surface area contributed by atoms with Gasteiger partial charge >= 0.3 is 0 Å². The van der Waals surface area contributed by atoms with Crippen LogP contribution in [0.5, 0.6) is 0 Å². The standard InChI is InChI=1S/C17H18BrF2N/c1-2-21-15(9-12-4-3-5-14(18)8-12)10-13-6-7-16(19)17(20)11-13/h3-8,11,15,21H,2,9-10H2,1H3. The fraction of sp³-hybridized carbons (Fsp3) is 0.294. The molecule has 0 spiro atoms. The Bertz CT molecular complexity index is 601. The van der Waals surface area contributed by atoms with E-state index in [0.29, 0.717) is 6.42 Å². The third-order valence-electron chi connectivity index (χ3n) is 3.33. The maximum Gasteiger partial charge on any atom is 0.159 e. The molecule has 0 aliphatic heterocycles. The van der Waals surface area contributed by atoms with Crippen molar-refractivity contribution in [2.24, 2.45) is 0 Å². The average molecular weight is 354 g/mol. The summed E-state index contributed by atoms with van der Waals surface area (Å²) >= 11 is 3.46. The maximum absolute atomic E-state index is 13.3. The monoisotopic (exact) mass is 353 g/mol. The molecule has 4 heteroatoms. The minimum Gasteiger partial charge on any atom is -0.314 e. The van der Waals surface area contributed by atoms with Gasteiger partial charge in [0.15, 0.2) is 11.6 Å². The Hall–Kier alpha value is -1.26. The molecule has 1 atom stereocenters. The molecule has 0 fully saturated rings. The SMILES string of the molecule is CCNC(Cc1cccc(Br)c1)Cc1ccc(F)c(F)c1. The van der Waals surface area contributed by atoms with Crippen molar-refractivity contribution in [1.82, 2.24) is 5.32 Å². The van der Waals surface area contributed by atoms with E-state index in [2.05, 4.69) is 33.4 Å². The van der Waals surface area contributed by atoms with Gasteiger partial charge in [0.25, 0.3) is 0 Å². The maximum atomic E-state index is 13.3. The third-order valence-corrected chi connectivity index (χ3v) is 3.82. The van der Waals surface area contributed by atoms with Crippen molar-refractivity contribution in [2.45, 2.75) is 25.8 Å². The van der Waals surface area contributed by atoms with E-state index in [1.54, 1.807) is 6.07 Å². The highest BCUT2D eigenvalue weighted by molar-refractivity contribution is 9.10. The highest BCUT2D eigenvalue weighted by atomic mass is 79.9. The quantitative estimate of drug-likeness (QED) is 0.806. The highest BCUT2D eigenvalue weighted by Crippen LogP contribution is 2.16. The Morgan fingerprint density at radius 1 is 1.00 bits per heavy atom. The predicted molar refractivity (Wildman–Crippen MR) is 85.4 cm³/mol. The van der Waals surface area contributed by atoms with Crippen LogP contribution in [0.3, 0.4) is 0 Å². The summed E-state index contributed by atoms with van der Waals surface area (Å²) in [5.41, 5.74) is 2.01. The van der Waals surface area contributed by atoms with Gasteiger partial charge in [-0.25, -0.2) is 8.78 Å². The summed E-state index contributed by atoms with van der Waals surface area (Å²) in [6.07, 6.45) is 1.50. The highest BCUT2D eigenvalue weighted by Gasteiger charge is 2.11. The van der Waals surface area contributed by atoms with Crippen LogP contribution in [0.2, 0.25) is 0 Å². The van der Waals surface area contributed by atoms with Crippen molar-refractivity contribution in [3.8, 4) is 0 Å². The Balaban J connectivity index is 2.09. The molecule has 0 saturated carbocycles. The molecule has 0 saturated heterocycles. The lowest BCUT2D eigenvalue weighted by molar-refractivity contribution is 0.498. The molecule has 1 N–H and O–H groups in total. The molecular weight excluding hydrogens is 336 g/mol. The van der Waals surface area contributed by atoms with E-state index in [1.807, 2.05) is 19.1 Å². The molecule has 112 valence electrons. The first-order chi connectivity index (χ1) is 10.1. The van der Waals surface area contributed by atoms with Crippen molar-refractivity contribution in [3.63, 3.8) is 0 Å². The summed E-state index contributed by atoms with van der Waals surface area (Å²) in [7, 11) is 0. The summed E-state index contributed by atoms with van der Waals surface area (Å²) in [5.74, 6) is -1.59. The van der Waals surface area contributed by atoms with Crippen LogP contribution in [0.15, 0.2) is 46.9 Å². The third kappa shape index (κ3) is 4.90. The van der Waals surface area contributed by atoms with E-state index in [4.69, 9.17) is 0 Å². The number of nitrogens with one attached hydrogen (secondary N) is 1. The van der Waals surface area contributed by atoms with Crippen molar-refractivity contribution in [2.75, 3.05) is 6.54 Å². The molecule has 0 bridgehead atoms. The largest absolute Gasteiger partial charge is 0.314 e. The van der Waals surface area contributed by atoms with Gasteiger partial charge in [-0.15, -0.1) is 0 Å². The van der Waals surface area contributed by atoms with Gasteiger partial charge in [0.05, 0.1) is 0 Å². The van der Waals surface area contributed by atoms with Gasteiger partial charge in [-0.3, -0.25) is 0 Å². The fourth-order valence-corrected chi connectivity index (χ4v) is 2.85. The van der Waals surface area contributed by atoms with Crippen LogP contribution < -0.4 is 5.32 Å². The van der Waals surface area contributed by atoms with E-state index in [-0.39, 0.29) is 6.04 Å². The predicted octanol–water partition coefficient (Wildman–Crippen LogP) is 4.49. The van der Waals surface area contributed by atoms with E-state index in [9.17, 15) is 8.78 Å². The zero-order chi connectivity index (χ0) is 15.2. The number of benzene rings is 2. The second-order valence-electron chi connectivity index (χ2n) is 5.04. The van der Waals surface area contributed by atoms with Gasteiger partial charge in [0.2, 0.25) is 0 Å². The lowest BCUT2D eigenvalue weighted by atomic mass is 9.99. The molecule has 0 amide bonds. The first kappa shape index (κ1) is 16.1. The first-order valence-electron chi connectivity index (χ1n) is 7.00. The molecule has 0 aliphatic carbocycles. The Labute approximate surface area is 132 Å². The second-order valence-corrected chi connectivity index (χ2v) is 5.96. The molecular formula is C17H18BrF2N. The molecule has 0 radical (unpaired) electrons. The van der Waals surface area contributed by atoms with Crippen LogP contribution in [-0.2, 0) is 12.8 Å². The average Bonchev–Trinajstić information content (AvgIpc) is 2.43. The van der Waals surface area contributed by atoms with E-state index in [1.165, 1.54) is 17.7 Å². The number of hydrogen-bond donors (Lipinski definition) is 1. The summed E-state index contributed by atoms with van der Waals surface area (Å²) in [4.78, 5) is 0. The van der Waals surface area contributed by atoms with Crippen molar-refractivity contribution in [1.29, 1.82) is 0 Å². The molecule has 0 aromatic heterocycles. The van der Waals surface area contributed by atoms with Gasteiger partial charge < -0.3 is 5.32 Å². The van der Waals surface area contributed by atoms with Crippen LogP contribution in [-0.4, -0.2) is 12.6 Å². The summed E-state index contributed by atoms with van der Waals surface area (Å²) in [6, 6.07) is 12.4. The van der Waals surface area contributed by atoms with Gasteiger partial charge in [0.1, 0.15) is 0 Å². The molecule has 2 rings (SSSR count). The summed E-state index contributed by atoms with van der Waals surface area (Å²) in [5, 5.41) is 3.40. The smallest absolute Gasteiger partial charge is 0.159 e. The minimum absolute atomic E-state index is 0.189. The zero-order valence-corrected chi connectivity index (χ0v) is 13.5. The number of halogens is 3. The van der Waals surface area contributed by atoms with Crippen LogP contribution in [0.4, 0.5) is 8.78 Å². The first-order valence-corrected chi connectivity index (χ1v) is 7.79. The zero-order valence-electron chi connectivity index (χ0n) is 11.9. The van der Waals surface area contributed by atoms with Gasteiger partial charge in [0, 0.05) is 10.5 Å². The van der Waals surface area contributed by atoms with E-state index < -0.39 is 11.6 Å². The molecule has 2 aromatic carbocycles. The van der Waals surface area contributed by atoms with Crippen LogP contribution in [0.1, 0.15) is 18.1 Å². The second kappa shape index (κ2) is 7.66. The molecule has 21 heavy (non-hydrogen) atoms. The van der Waals surface area contributed by atoms with Crippen LogP contribution in [0.25, 0.3) is 0 Å². The Kier molecular flexibility index (Phi) is 5.88. The topological polar surface area (TPSA) is 12.0 Å². The summed E-state index contributed by atoms with van der Waals surface area (Å²) < 4.78 is 27.3. The summed E-state index contributed by atoms with van der Waals surface area (Å²) in [6.45, 7) is 2.88. The fourth-order valence-electron chi connectivity index (χ4n) is 2.40.